The topological polar surface area (TPSA) is 42.9 Å². The second-order valence-electron chi connectivity index (χ2n) is 6.56. The van der Waals surface area contributed by atoms with Gasteiger partial charge in [0.05, 0.1) is 6.54 Å². The van der Waals surface area contributed by atoms with Gasteiger partial charge in [-0.2, -0.15) is 13.2 Å². The van der Waals surface area contributed by atoms with Gasteiger partial charge in [0.25, 0.3) is 0 Å². The largest absolute Gasteiger partial charge is 0.401 e. The number of likely N-dealkylation sites (N-methyl/N-ethyl adjacent to an activating group) is 1. The third-order valence-corrected chi connectivity index (χ3v) is 3.67. The van der Waals surface area contributed by atoms with E-state index in [1.165, 1.54) is 11.9 Å². The highest BCUT2D eigenvalue weighted by Crippen LogP contribution is 2.14. The van der Waals surface area contributed by atoms with Crippen LogP contribution in [-0.2, 0) is 0 Å². The van der Waals surface area contributed by atoms with Gasteiger partial charge in [0.15, 0.2) is 5.96 Å². The number of hydrogen-bond donors (Lipinski definition) is 2. The Labute approximate surface area is 144 Å². The van der Waals surface area contributed by atoms with Crippen LogP contribution >= 0.6 is 0 Å². The number of halogens is 3. The van der Waals surface area contributed by atoms with Crippen molar-refractivity contribution in [3.8, 4) is 0 Å². The number of nitrogens with zero attached hydrogens (tertiary/aromatic N) is 3. The smallest absolute Gasteiger partial charge is 0.356 e. The van der Waals surface area contributed by atoms with Gasteiger partial charge >= 0.3 is 6.18 Å². The molecule has 0 atom stereocenters. The summed E-state index contributed by atoms with van der Waals surface area (Å²) < 4.78 is 36.7. The summed E-state index contributed by atoms with van der Waals surface area (Å²) in [6.07, 6.45) is -3.18. The lowest BCUT2D eigenvalue weighted by Crippen LogP contribution is -2.43. The van der Waals surface area contributed by atoms with Gasteiger partial charge in [-0.05, 0) is 41.2 Å². The number of hydrogen-bond acceptors (Lipinski definition) is 3. The summed E-state index contributed by atoms with van der Waals surface area (Å²) >= 11 is 0. The van der Waals surface area contributed by atoms with E-state index in [1.54, 1.807) is 7.05 Å². The molecule has 5 nitrogen and oxygen atoms in total. The van der Waals surface area contributed by atoms with Crippen molar-refractivity contribution in [3.05, 3.63) is 0 Å². The van der Waals surface area contributed by atoms with Crippen LogP contribution < -0.4 is 10.6 Å². The zero-order valence-electron chi connectivity index (χ0n) is 15.9. The molecule has 0 rings (SSSR count). The fourth-order valence-corrected chi connectivity index (χ4v) is 2.55. The zero-order chi connectivity index (χ0) is 18.8. The molecule has 0 aromatic heterocycles. The quantitative estimate of drug-likeness (QED) is 0.359. The molecular weight excluding hydrogens is 319 g/mol. The maximum atomic E-state index is 12.2. The molecule has 0 aliphatic rings. The van der Waals surface area contributed by atoms with E-state index in [1.807, 2.05) is 0 Å². The van der Waals surface area contributed by atoms with Crippen molar-refractivity contribution in [2.45, 2.75) is 52.4 Å². The molecule has 0 radical (unpaired) electrons. The monoisotopic (exact) mass is 353 g/mol. The van der Waals surface area contributed by atoms with Crippen molar-refractivity contribution >= 4 is 5.96 Å². The van der Waals surface area contributed by atoms with Gasteiger partial charge in [-0.15, -0.1) is 0 Å². The highest BCUT2D eigenvalue weighted by molar-refractivity contribution is 5.79. The van der Waals surface area contributed by atoms with Crippen LogP contribution in [0.3, 0.4) is 0 Å². The maximum Gasteiger partial charge on any atom is 0.401 e. The van der Waals surface area contributed by atoms with Crippen molar-refractivity contribution < 1.29 is 13.2 Å². The van der Waals surface area contributed by atoms with Crippen molar-refractivity contribution in [3.63, 3.8) is 0 Å². The average Bonchev–Trinajstić information content (AvgIpc) is 2.42. The van der Waals surface area contributed by atoms with Gasteiger partial charge < -0.3 is 10.6 Å². The minimum absolute atomic E-state index is 0.300. The maximum absolute atomic E-state index is 12.2. The SMILES string of the molecule is CN=C(NCCCN(C(C)C)C(C)C)NCCN(C)CC(F)(F)F. The molecule has 0 aliphatic carbocycles. The highest BCUT2D eigenvalue weighted by atomic mass is 19.4. The number of rotatable bonds is 10. The molecule has 0 aromatic rings. The van der Waals surface area contributed by atoms with Crippen molar-refractivity contribution in [1.29, 1.82) is 0 Å². The fraction of sp³-hybridized carbons (Fsp3) is 0.938. The normalized spacial score (nSPS) is 13.5. The lowest BCUT2D eigenvalue weighted by molar-refractivity contribution is -0.142. The molecule has 0 saturated carbocycles. The van der Waals surface area contributed by atoms with Gasteiger partial charge in [0.2, 0.25) is 0 Å². The molecule has 0 aliphatic heterocycles. The molecule has 144 valence electrons. The summed E-state index contributed by atoms with van der Waals surface area (Å²) in [6.45, 7) is 10.3. The van der Waals surface area contributed by atoms with Crippen LogP contribution in [0.15, 0.2) is 4.99 Å². The van der Waals surface area contributed by atoms with E-state index in [-0.39, 0.29) is 0 Å². The van der Waals surface area contributed by atoms with Crippen LogP contribution in [0.4, 0.5) is 13.2 Å². The Bertz CT molecular complexity index is 348. The molecule has 0 unspecified atom stereocenters. The first-order valence-corrected chi connectivity index (χ1v) is 8.52. The molecule has 0 saturated heterocycles. The summed E-state index contributed by atoms with van der Waals surface area (Å²) in [6, 6.07) is 1.01. The summed E-state index contributed by atoms with van der Waals surface area (Å²) in [4.78, 5) is 7.75. The van der Waals surface area contributed by atoms with E-state index in [2.05, 4.69) is 48.2 Å². The van der Waals surface area contributed by atoms with Crippen LogP contribution in [0.2, 0.25) is 0 Å². The van der Waals surface area contributed by atoms with Crippen molar-refractivity contribution in [1.82, 2.24) is 20.4 Å². The fourth-order valence-electron chi connectivity index (χ4n) is 2.55. The Morgan fingerprint density at radius 1 is 1.00 bits per heavy atom. The Morgan fingerprint density at radius 2 is 1.54 bits per heavy atom. The minimum Gasteiger partial charge on any atom is -0.356 e. The lowest BCUT2D eigenvalue weighted by atomic mass is 10.2. The van der Waals surface area contributed by atoms with Crippen LogP contribution in [0.25, 0.3) is 0 Å². The van der Waals surface area contributed by atoms with Crippen LogP contribution in [0, 0.1) is 0 Å². The zero-order valence-corrected chi connectivity index (χ0v) is 15.9. The molecule has 2 N–H and O–H groups in total. The average molecular weight is 353 g/mol. The van der Waals surface area contributed by atoms with E-state index in [0.717, 1.165) is 19.5 Å². The second kappa shape index (κ2) is 11.5. The summed E-state index contributed by atoms with van der Waals surface area (Å²) in [5.74, 6) is 0.621. The number of aliphatic imine (C=N–C) groups is 1. The third-order valence-electron chi connectivity index (χ3n) is 3.67. The first kappa shape index (κ1) is 23.0. The van der Waals surface area contributed by atoms with E-state index >= 15 is 0 Å². The number of nitrogens with one attached hydrogen (secondary N) is 2. The lowest BCUT2D eigenvalue weighted by Gasteiger charge is -2.30. The number of guanidine groups is 1. The Kier molecular flexibility index (Phi) is 11.0. The summed E-state index contributed by atoms with van der Waals surface area (Å²) in [7, 11) is 3.11. The molecular formula is C16H34F3N5. The second-order valence-corrected chi connectivity index (χ2v) is 6.56. The highest BCUT2D eigenvalue weighted by Gasteiger charge is 2.28. The Hall–Kier alpha value is -1.02. The standard InChI is InChI=1S/C16H34F3N5/c1-13(2)24(14(3)4)10-7-8-21-15(20-5)22-9-11-23(6)12-16(17,18)19/h13-14H,7-12H2,1-6H3,(H2,20,21,22). The van der Waals surface area contributed by atoms with Gasteiger partial charge in [-0.1, -0.05) is 0 Å². The van der Waals surface area contributed by atoms with Crippen LogP contribution in [0.5, 0.6) is 0 Å². The summed E-state index contributed by atoms with van der Waals surface area (Å²) in [5.41, 5.74) is 0. The van der Waals surface area contributed by atoms with E-state index in [0.29, 0.717) is 31.1 Å². The van der Waals surface area contributed by atoms with Crippen LogP contribution in [-0.4, -0.2) is 80.8 Å². The Morgan fingerprint density at radius 3 is 2.00 bits per heavy atom. The van der Waals surface area contributed by atoms with E-state index in [9.17, 15) is 13.2 Å². The first-order chi connectivity index (χ1) is 11.1. The third kappa shape index (κ3) is 11.5. The molecule has 0 amide bonds. The van der Waals surface area contributed by atoms with Crippen LogP contribution in [0.1, 0.15) is 34.1 Å². The molecule has 0 heterocycles. The van der Waals surface area contributed by atoms with Gasteiger partial charge in [0, 0.05) is 45.3 Å². The minimum atomic E-state index is -4.16. The van der Waals surface area contributed by atoms with E-state index < -0.39 is 12.7 Å². The van der Waals surface area contributed by atoms with Gasteiger partial charge in [-0.3, -0.25) is 14.8 Å². The molecule has 0 fully saturated rings. The van der Waals surface area contributed by atoms with Crippen molar-refractivity contribution in [2.24, 2.45) is 4.99 Å². The van der Waals surface area contributed by atoms with Gasteiger partial charge in [-0.25, -0.2) is 0 Å². The summed E-state index contributed by atoms with van der Waals surface area (Å²) in [5, 5.41) is 6.23. The van der Waals surface area contributed by atoms with E-state index in [4.69, 9.17) is 0 Å². The molecule has 0 aromatic carbocycles. The van der Waals surface area contributed by atoms with Gasteiger partial charge in [0.1, 0.15) is 0 Å². The molecule has 0 spiro atoms. The predicted octanol–water partition coefficient (Wildman–Crippen LogP) is 2.15. The van der Waals surface area contributed by atoms with Crippen molar-refractivity contribution in [2.75, 3.05) is 46.8 Å². The Balaban J connectivity index is 3.97. The number of alkyl halides is 3. The molecule has 8 heteroatoms. The molecule has 24 heavy (non-hydrogen) atoms. The molecule has 0 bridgehead atoms. The predicted molar refractivity (Wildman–Crippen MR) is 94.5 cm³/mol. The first-order valence-electron chi connectivity index (χ1n) is 8.52.